The topological polar surface area (TPSA) is 83.8 Å². The molecule has 0 aliphatic heterocycles. The van der Waals surface area contributed by atoms with E-state index in [4.69, 9.17) is 17.3 Å². The number of hydrogen-bond acceptors (Lipinski definition) is 3. The Balaban J connectivity index is 2.02. The quantitative estimate of drug-likeness (QED) is 0.723. The van der Waals surface area contributed by atoms with E-state index in [0.29, 0.717) is 22.8 Å². The highest BCUT2D eigenvalue weighted by Crippen LogP contribution is 2.19. The molecule has 1 heterocycles. The third kappa shape index (κ3) is 2.76. The van der Waals surface area contributed by atoms with E-state index in [0.717, 1.165) is 5.56 Å². The van der Waals surface area contributed by atoms with Gasteiger partial charge in [-0.3, -0.25) is 9.89 Å². The number of halogens is 1. The van der Waals surface area contributed by atoms with Crippen molar-refractivity contribution in [3.8, 4) is 0 Å². The maximum Gasteiger partial charge on any atom is 0.251 e. The summed E-state index contributed by atoms with van der Waals surface area (Å²) < 4.78 is 0. The van der Waals surface area contributed by atoms with E-state index in [9.17, 15) is 4.79 Å². The SMILES string of the molecule is Nc1ccc(C(=O)NCc2cn[nH]c2)cc1Cl. The van der Waals surface area contributed by atoms with Gasteiger partial charge in [0.2, 0.25) is 0 Å². The van der Waals surface area contributed by atoms with Crippen molar-refractivity contribution < 1.29 is 4.79 Å². The predicted molar refractivity (Wildman–Crippen MR) is 65.6 cm³/mol. The first-order valence-corrected chi connectivity index (χ1v) is 5.35. The summed E-state index contributed by atoms with van der Waals surface area (Å²) in [4.78, 5) is 11.8. The number of rotatable bonds is 3. The molecular formula is C11H11ClN4O. The molecule has 0 fully saturated rings. The lowest BCUT2D eigenvalue weighted by atomic mass is 10.2. The van der Waals surface area contributed by atoms with Crippen LogP contribution in [0.4, 0.5) is 5.69 Å². The molecule has 0 aliphatic rings. The molecule has 2 rings (SSSR count). The molecule has 0 bridgehead atoms. The summed E-state index contributed by atoms with van der Waals surface area (Å²) in [7, 11) is 0. The number of nitrogens with two attached hydrogens (primary N) is 1. The van der Waals surface area contributed by atoms with Crippen LogP contribution in [0.25, 0.3) is 0 Å². The summed E-state index contributed by atoms with van der Waals surface area (Å²) >= 11 is 5.84. The molecule has 5 nitrogen and oxygen atoms in total. The highest BCUT2D eigenvalue weighted by molar-refractivity contribution is 6.33. The van der Waals surface area contributed by atoms with Gasteiger partial charge in [0.25, 0.3) is 5.91 Å². The largest absolute Gasteiger partial charge is 0.398 e. The first kappa shape index (κ1) is 11.5. The predicted octanol–water partition coefficient (Wildman–Crippen LogP) is 1.58. The summed E-state index contributed by atoms with van der Waals surface area (Å²) in [5.74, 6) is -0.201. The van der Waals surface area contributed by atoms with Crippen molar-refractivity contribution in [2.24, 2.45) is 0 Å². The van der Waals surface area contributed by atoms with Gasteiger partial charge in [0, 0.05) is 23.9 Å². The van der Waals surface area contributed by atoms with Gasteiger partial charge in [0.05, 0.1) is 16.9 Å². The van der Waals surface area contributed by atoms with Crippen LogP contribution in [0.15, 0.2) is 30.6 Å². The van der Waals surface area contributed by atoms with Gasteiger partial charge in [0.15, 0.2) is 0 Å². The molecule has 0 saturated heterocycles. The van der Waals surface area contributed by atoms with Crippen molar-refractivity contribution in [2.45, 2.75) is 6.54 Å². The van der Waals surface area contributed by atoms with E-state index in [1.54, 1.807) is 30.6 Å². The van der Waals surface area contributed by atoms with E-state index in [1.807, 2.05) is 0 Å². The smallest absolute Gasteiger partial charge is 0.251 e. The second kappa shape index (κ2) is 4.88. The zero-order valence-electron chi connectivity index (χ0n) is 8.90. The second-order valence-electron chi connectivity index (χ2n) is 3.53. The number of nitrogen functional groups attached to an aromatic ring is 1. The molecule has 1 aromatic carbocycles. The van der Waals surface area contributed by atoms with Crippen molar-refractivity contribution in [1.82, 2.24) is 15.5 Å². The van der Waals surface area contributed by atoms with Crippen LogP contribution < -0.4 is 11.1 Å². The molecule has 4 N–H and O–H groups in total. The fraction of sp³-hybridized carbons (Fsp3) is 0.0909. The Hall–Kier alpha value is -2.01. The van der Waals surface area contributed by atoms with Crippen LogP contribution in [0.3, 0.4) is 0 Å². The van der Waals surface area contributed by atoms with E-state index in [1.165, 1.54) is 0 Å². The summed E-state index contributed by atoms with van der Waals surface area (Å²) in [6.07, 6.45) is 3.37. The van der Waals surface area contributed by atoms with E-state index < -0.39 is 0 Å². The first-order valence-electron chi connectivity index (χ1n) is 4.97. The van der Waals surface area contributed by atoms with Gasteiger partial charge >= 0.3 is 0 Å². The highest BCUT2D eigenvalue weighted by atomic mass is 35.5. The standard InChI is InChI=1S/C11H11ClN4O/c12-9-3-8(1-2-10(9)13)11(17)14-4-7-5-15-16-6-7/h1-3,5-6H,4,13H2,(H,14,17)(H,15,16). The van der Waals surface area contributed by atoms with Crippen LogP contribution in [0, 0.1) is 0 Å². The van der Waals surface area contributed by atoms with Gasteiger partial charge in [-0.2, -0.15) is 5.10 Å². The molecule has 0 unspecified atom stereocenters. The Labute approximate surface area is 103 Å². The number of amides is 1. The van der Waals surface area contributed by atoms with E-state index in [2.05, 4.69) is 15.5 Å². The number of nitrogens with one attached hydrogen (secondary N) is 2. The van der Waals surface area contributed by atoms with Crippen molar-refractivity contribution in [3.63, 3.8) is 0 Å². The molecule has 0 spiro atoms. The van der Waals surface area contributed by atoms with Crippen LogP contribution in [-0.2, 0) is 6.54 Å². The van der Waals surface area contributed by atoms with Crippen LogP contribution >= 0.6 is 11.6 Å². The van der Waals surface area contributed by atoms with Crippen molar-refractivity contribution in [3.05, 3.63) is 46.7 Å². The van der Waals surface area contributed by atoms with Crippen molar-refractivity contribution in [2.75, 3.05) is 5.73 Å². The monoisotopic (exact) mass is 250 g/mol. The lowest BCUT2D eigenvalue weighted by Crippen LogP contribution is -2.22. The molecule has 1 amide bonds. The van der Waals surface area contributed by atoms with Gasteiger partial charge in [-0.25, -0.2) is 0 Å². The summed E-state index contributed by atoms with van der Waals surface area (Å²) in [6, 6.07) is 4.78. The number of aromatic amines is 1. The molecule has 1 aromatic heterocycles. The van der Waals surface area contributed by atoms with Gasteiger partial charge < -0.3 is 11.1 Å². The van der Waals surface area contributed by atoms with Gasteiger partial charge in [-0.1, -0.05) is 11.6 Å². The number of benzene rings is 1. The lowest BCUT2D eigenvalue weighted by Gasteiger charge is -2.05. The third-order valence-corrected chi connectivity index (χ3v) is 2.60. The first-order chi connectivity index (χ1) is 8.16. The minimum absolute atomic E-state index is 0.201. The summed E-state index contributed by atoms with van der Waals surface area (Å²) in [5, 5.41) is 9.58. The van der Waals surface area contributed by atoms with E-state index in [-0.39, 0.29) is 5.91 Å². The zero-order valence-corrected chi connectivity index (χ0v) is 9.66. The molecule has 0 aliphatic carbocycles. The van der Waals surface area contributed by atoms with E-state index >= 15 is 0 Å². The molecule has 6 heteroatoms. The normalized spacial score (nSPS) is 10.2. The summed E-state index contributed by atoms with van der Waals surface area (Å²) in [5.41, 5.74) is 7.40. The van der Waals surface area contributed by atoms with Crippen LogP contribution in [0.5, 0.6) is 0 Å². The highest BCUT2D eigenvalue weighted by Gasteiger charge is 2.07. The Bertz CT molecular complexity index is 524. The molecule has 2 aromatic rings. The maximum absolute atomic E-state index is 11.8. The molecule has 17 heavy (non-hydrogen) atoms. The molecule has 88 valence electrons. The minimum Gasteiger partial charge on any atom is -0.398 e. The molecule has 0 saturated carbocycles. The number of hydrogen-bond donors (Lipinski definition) is 3. The Morgan fingerprint density at radius 3 is 3.00 bits per heavy atom. The number of H-pyrrole nitrogens is 1. The van der Waals surface area contributed by atoms with Crippen LogP contribution in [-0.4, -0.2) is 16.1 Å². The molecule has 0 atom stereocenters. The van der Waals surface area contributed by atoms with Gasteiger partial charge in [-0.15, -0.1) is 0 Å². The van der Waals surface area contributed by atoms with Gasteiger partial charge in [-0.05, 0) is 18.2 Å². The number of aromatic nitrogens is 2. The Kier molecular flexibility index (Phi) is 3.30. The Morgan fingerprint density at radius 1 is 1.53 bits per heavy atom. The summed E-state index contributed by atoms with van der Waals surface area (Å²) in [6.45, 7) is 0.414. The number of anilines is 1. The number of carbonyl (C=O) groups is 1. The molecule has 0 radical (unpaired) electrons. The van der Waals surface area contributed by atoms with Crippen LogP contribution in [0.1, 0.15) is 15.9 Å². The molecular weight excluding hydrogens is 240 g/mol. The fourth-order valence-corrected chi connectivity index (χ4v) is 1.51. The maximum atomic E-state index is 11.8. The zero-order chi connectivity index (χ0) is 12.3. The van der Waals surface area contributed by atoms with Crippen molar-refractivity contribution >= 4 is 23.2 Å². The van der Waals surface area contributed by atoms with Crippen LogP contribution in [0.2, 0.25) is 5.02 Å². The van der Waals surface area contributed by atoms with Gasteiger partial charge in [0.1, 0.15) is 0 Å². The minimum atomic E-state index is -0.201. The average molecular weight is 251 g/mol. The Morgan fingerprint density at radius 2 is 2.35 bits per heavy atom. The third-order valence-electron chi connectivity index (χ3n) is 2.27. The number of carbonyl (C=O) groups excluding carboxylic acids is 1. The van der Waals surface area contributed by atoms with Crippen molar-refractivity contribution in [1.29, 1.82) is 0 Å². The second-order valence-corrected chi connectivity index (χ2v) is 3.93. The number of nitrogens with zero attached hydrogens (tertiary/aromatic N) is 1. The average Bonchev–Trinajstić information content (AvgIpc) is 2.82. The lowest BCUT2D eigenvalue weighted by molar-refractivity contribution is 0.0951. The fourth-order valence-electron chi connectivity index (χ4n) is 1.33.